The van der Waals surface area contributed by atoms with Gasteiger partial charge in [-0.2, -0.15) is 5.10 Å². The van der Waals surface area contributed by atoms with Crippen LogP contribution in [0.5, 0.6) is 0 Å². The highest BCUT2D eigenvalue weighted by molar-refractivity contribution is 6.34. The third kappa shape index (κ3) is 5.25. The molecule has 0 saturated carbocycles. The second-order valence-corrected chi connectivity index (χ2v) is 8.93. The Hall–Kier alpha value is -2.73. The lowest BCUT2D eigenvalue weighted by atomic mass is 9.92. The Morgan fingerprint density at radius 1 is 1.17 bits per heavy atom. The smallest absolute Gasteiger partial charge is 0.262 e. The molecule has 0 fully saturated rings. The van der Waals surface area contributed by atoms with E-state index in [1.165, 1.54) is 11.1 Å². The Bertz CT molecular complexity index is 984. The summed E-state index contributed by atoms with van der Waals surface area (Å²) in [7, 11) is 0. The van der Waals surface area contributed by atoms with Crippen LogP contribution in [0, 0.1) is 11.2 Å². The zero-order valence-electron chi connectivity index (χ0n) is 17.3. The molecule has 0 aromatic heterocycles. The summed E-state index contributed by atoms with van der Waals surface area (Å²) in [5.74, 6) is -1.03. The molecule has 0 saturated heterocycles. The van der Waals surface area contributed by atoms with Crippen molar-refractivity contribution in [3.8, 4) is 0 Å². The Balaban J connectivity index is 1.85. The lowest BCUT2D eigenvalue weighted by Crippen LogP contribution is -2.39. The molecule has 5 nitrogen and oxygen atoms in total. The molecule has 0 bridgehead atoms. The van der Waals surface area contributed by atoms with E-state index < -0.39 is 17.8 Å². The predicted molar refractivity (Wildman–Crippen MR) is 116 cm³/mol. The van der Waals surface area contributed by atoms with Crippen molar-refractivity contribution in [2.75, 3.05) is 6.54 Å². The molecule has 1 aliphatic heterocycles. The molecule has 1 atom stereocenters. The summed E-state index contributed by atoms with van der Waals surface area (Å²) in [6.45, 7) is 5.63. The van der Waals surface area contributed by atoms with Gasteiger partial charge in [0.2, 0.25) is 5.91 Å². The van der Waals surface area contributed by atoms with Gasteiger partial charge in [0.25, 0.3) is 5.91 Å². The number of hydrazone groups is 1. The van der Waals surface area contributed by atoms with Crippen molar-refractivity contribution in [3.05, 3.63) is 70.5 Å². The minimum Gasteiger partial charge on any atom is -0.347 e. The van der Waals surface area contributed by atoms with Gasteiger partial charge in [-0.05, 0) is 17.5 Å². The van der Waals surface area contributed by atoms with E-state index in [-0.39, 0.29) is 17.9 Å². The molecular weight excluding hydrogens is 405 g/mol. The van der Waals surface area contributed by atoms with E-state index in [0.717, 1.165) is 0 Å². The molecule has 158 valence electrons. The van der Waals surface area contributed by atoms with Gasteiger partial charge in [0.1, 0.15) is 5.82 Å². The van der Waals surface area contributed by atoms with Crippen LogP contribution in [0.2, 0.25) is 5.02 Å². The molecule has 7 heteroatoms. The van der Waals surface area contributed by atoms with Gasteiger partial charge in [0, 0.05) is 29.0 Å². The van der Waals surface area contributed by atoms with Crippen LogP contribution in [0.3, 0.4) is 0 Å². The second-order valence-electron chi connectivity index (χ2n) is 8.52. The Morgan fingerprint density at radius 2 is 1.83 bits per heavy atom. The predicted octanol–water partition coefficient (Wildman–Crippen LogP) is 4.71. The number of carbonyl (C=O) groups is 2. The highest BCUT2D eigenvalue weighted by Crippen LogP contribution is 2.35. The zero-order chi connectivity index (χ0) is 21.9. The van der Waals surface area contributed by atoms with Crippen LogP contribution in [-0.4, -0.2) is 29.1 Å². The second kappa shape index (κ2) is 8.96. The number of carbonyl (C=O) groups excluding carboxylic acids is 2. The van der Waals surface area contributed by atoms with E-state index in [1.807, 2.05) is 39.0 Å². The molecule has 0 radical (unpaired) electrons. The summed E-state index contributed by atoms with van der Waals surface area (Å²) in [5, 5.41) is 8.89. The van der Waals surface area contributed by atoms with Gasteiger partial charge in [-0.3, -0.25) is 9.59 Å². The van der Waals surface area contributed by atoms with Crippen molar-refractivity contribution in [2.45, 2.75) is 39.7 Å². The van der Waals surface area contributed by atoms with Crippen LogP contribution in [-0.2, 0) is 9.59 Å². The average Bonchev–Trinajstić information content (AvgIpc) is 3.10. The Kier molecular flexibility index (Phi) is 6.56. The maximum Gasteiger partial charge on any atom is 0.262 e. The fraction of sp³-hybridized carbons (Fsp3) is 0.348. The first kappa shape index (κ1) is 22.0. The standard InChI is InChI=1S/C23H25ClFN3O2/c1-23(2,3)13-21(29)26-14-22(30)28-20(16-9-5-7-11-18(16)25)12-19(27-28)15-8-4-6-10-17(15)24/h4-11,20H,12-14H2,1-3H3,(H,26,29)/t20-/m0/s1. The number of nitrogens with one attached hydrogen (secondary N) is 1. The van der Waals surface area contributed by atoms with Crippen molar-refractivity contribution in [3.63, 3.8) is 0 Å². The first-order valence-electron chi connectivity index (χ1n) is 9.81. The van der Waals surface area contributed by atoms with Crippen LogP contribution in [0.25, 0.3) is 0 Å². The molecule has 0 unspecified atom stereocenters. The largest absolute Gasteiger partial charge is 0.347 e. The van der Waals surface area contributed by atoms with Gasteiger partial charge in [0.15, 0.2) is 0 Å². The van der Waals surface area contributed by atoms with Crippen LogP contribution >= 0.6 is 11.6 Å². The summed E-state index contributed by atoms with van der Waals surface area (Å²) >= 11 is 6.31. The highest BCUT2D eigenvalue weighted by Gasteiger charge is 2.35. The van der Waals surface area contributed by atoms with Crippen molar-refractivity contribution in [2.24, 2.45) is 10.5 Å². The van der Waals surface area contributed by atoms with Gasteiger partial charge in [-0.15, -0.1) is 0 Å². The number of amides is 2. The normalized spacial score (nSPS) is 16.4. The van der Waals surface area contributed by atoms with Gasteiger partial charge in [-0.25, -0.2) is 9.40 Å². The van der Waals surface area contributed by atoms with Crippen LogP contribution in [0.15, 0.2) is 53.6 Å². The first-order valence-corrected chi connectivity index (χ1v) is 10.2. The Labute approximate surface area is 180 Å². The van der Waals surface area contributed by atoms with Gasteiger partial charge in [0.05, 0.1) is 18.3 Å². The number of nitrogens with zero attached hydrogens (tertiary/aromatic N) is 2. The van der Waals surface area contributed by atoms with Crippen molar-refractivity contribution in [1.29, 1.82) is 0 Å². The van der Waals surface area contributed by atoms with Gasteiger partial charge in [-0.1, -0.05) is 68.8 Å². The van der Waals surface area contributed by atoms with E-state index in [0.29, 0.717) is 34.7 Å². The van der Waals surface area contributed by atoms with E-state index >= 15 is 0 Å². The van der Waals surface area contributed by atoms with E-state index in [4.69, 9.17) is 11.6 Å². The molecular formula is C23H25ClFN3O2. The van der Waals surface area contributed by atoms with Crippen LogP contribution in [0.4, 0.5) is 4.39 Å². The molecule has 1 aliphatic rings. The molecule has 1 N–H and O–H groups in total. The van der Waals surface area contributed by atoms with E-state index in [1.54, 1.807) is 24.3 Å². The Morgan fingerprint density at radius 3 is 2.50 bits per heavy atom. The number of benzene rings is 2. The summed E-state index contributed by atoms with van der Waals surface area (Å²) in [6, 6.07) is 12.9. The third-order valence-electron chi connectivity index (χ3n) is 4.74. The number of hydrogen-bond acceptors (Lipinski definition) is 3. The van der Waals surface area contributed by atoms with Crippen molar-refractivity contribution >= 4 is 29.1 Å². The average molecular weight is 430 g/mol. The van der Waals surface area contributed by atoms with Crippen LogP contribution in [0.1, 0.15) is 50.8 Å². The summed E-state index contributed by atoms with van der Waals surface area (Å²) in [4.78, 5) is 25.0. The van der Waals surface area contributed by atoms with Crippen molar-refractivity contribution in [1.82, 2.24) is 10.3 Å². The zero-order valence-corrected chi connectivity index (χ0v) is 18.0. The fourth-order valence-electron chi connectivity index (χ4n) is 3.39. The van der Waals surface area contributed by atoms with Gasteiger partial charge >= 0.3 is 0 Å². The number of hydrogen-bond donors (Lipinski definition) is 1. The molecule has 2 aromatic rings. The molecule has 2 amide bonds. The molecule has 30 heavy (non-hydrogen) atoms. The molecule has 0 aliphatic carbocycles. The highest BCUT2D eigenvalue weighted by atomic mass is 35.5. The van der Waals surface area contributed by atoms with Crippen LogP contribution < -0.4 is 5.32 Å². The lowest BCUT2D eigenvalue weighted by Gasteiger charge is -2.23. The molecule has 1 heterocycles. The van der Waals surface area contributed by atoms with E-state index in [2.05, 4.69) is 10.4 Å². The number of rotatable bonds is 5. The summed E-state index contributed by atoms with van der Waals surface area (Å²) in [5.41, 5.74) is 1.49. The van der Waals surface area contributed by atoms with Crippen molar-refractivity contribution < 1.29 is 14.0 Å². The van der Waals surface area contributed by atoms with Gasteiger partial charge < -0.3 is 5.32 Å². The summed E-state index contributed by atoms with van der Waals surface area (Å²) < 4.78 is 14.5. The lowest BCUT2D eigenvalue weighted by molar-refractivity contribution is -0.134. The minimum absolute atomic E-state index is 0.189. The third-order valence-corrected chi connectivity index (χ3v) is 5.07. The van der Waals surface area contributed by atoms with E-state index in [9.17, 15) is 14.0 Å². The molecule has 3 rings (SSSR count). The topological polar surface area (TPSA) is 61.8 Å². The fourth-order valence-corrected chi connectivity index (χ4v) is 3.63. The SMILES string of the molecule is CC(C)(C)CC(=O)NCC(=O)N1N=C(c2ccccc2Cl)C[C@H]1c1ccccc1F. The molecule has 0 spiro atoms. The monoisotopic (exact) mass is 429 g/mol. The molecule has 2 aromatic carbocycles. The first-order chi connectivity index (χ1) is 14.2. The quantitative estimate of drug-likeness (QED) is 0.748. The minimum atomic E-state index is -0.607. The maximum atomic E-state index is 14.5. The summed E-state index contributed by atoms with van der Waals surface area (Å²) in [6.07, 6.45) is 0.623. The number of halogens is 2. The maximum absolute atomic E-state index is 14.5.